The van der Waals surface area contributed by atoms with Crippen LogP contribution in [0.15, 0.2) is 35.9 Å². The van der Waals surface area contributed by atoms with Crippen LogP contribution in [0, 0.1) is 0 Å². The van der Waals surface area contributed by atoms with Crippen LogP contribution >= 0.6 is 0 Å². The van der Waals surface area contributed by atoms with Crippen molar-refractivity contribution in [3.8, 4) is 0 Å². The molecule has 3 heteroatoms. The molecule has 1 aromatic carbocycles. The fourth-order valence-corrected chi connectivity index (χ4v) is 2.82. The number of benzene rings is 1. The van der Waals surface area contributed by atoms with E-state index < -0.39 is 0 Å². The van der Waals surface area contributed by atoms with Crippen LogP contribution in [0.3, 0.4) is 0 Å². The Morgan fingerprint density at radius 2 is 2.11 bits per heavy atom. The highest BCUT2D eigenvalue weighted by Gasteiger charge is 2.28. The predicted molar refractivity (Wildman–Crippen MR) is 75.7 cm³/mol. The molecular formula is C16H20N2O. The Hall–Kier alpha value is -1.61. The van der Waals surface area contributed by atoms with E-state index in [4.69, 9.17) is 0 Å². The summed E-state index contributed by atoms with van der Waals surface area (Å²) in [5, 5.41) is 3.37. The Morgan fingerprint density at radius 3 is 2.84 bits per heavy atom. The highest BCUT2D eigenvalue weighted by Crippen LogP contribution is 2.18. The Bertz CT molecular complexity index is 521. The van der Waals surface area contributed by atoms with Crippen LogP contribution in [0.5, 0.6) is 0 Å². The summed E-state index contributed by atoms with van der Waals surface area (Å²) >= 11 is 0. The highest BCUT2D eigenvalue weighted by molar-refractivity contribution is 5.83. The highest BCUT2D eigenvalue weighted by atomic mass is 16.2. The minimum Gasteiger partial charge on any atom is -0.337 e. The van der Waals surface area contributed by atoms with Crippen molar-refractivity contribution in [2.45, 2.75) is 32.4 Å². The standard InChI is InChI=1S/C16H20N2O/c1-12-6-8-18(9-7-12)16(19)15-10-13-4-2-3-5-14(13)11-17-15/h2-6,15,17H,7-11H2,1H3. The van der Waals surface area contributed by atoms with Gasteiger partial charge in [0.2, 0.25) is 5.91 Å². The topological polar surface area (TPSA) is 32.3 Å². The Morgan fingerprint density at radius 1 is 1.32 bits per heavy atom. The van der Waals surface area contributed by atoms with E-state index >= 15 is 0 Å². The average Bonchev–Trinajstić information content (AvgIpc) is 2.47. The van der Waals surface area contributed by atoms with Gasteiger partial charge in [0.05, 0.1) is 6.04 Å². The molecule has 0 aliphatic carbocycles. The average molecular weight is 256 g/mol. The first kappa shape index (κ1) is 12.4. The van der Waals surface area contributed by atoms with Crippen LogP contribution in [0.4, 0.5) is 0 Å². The van der Waals surface area contributed by atoms with Gasteiger partial charge in [-0.2, -0.15) is 0 Å². The number of fused-ring (bicyclic) bond motifs is 1. The summed E-state index contributed by atoms with van der Waals surface area (Å²) in [7, 11) is 0. The summed E-state index contributed by atoms with van der Waals surface area (Å²) in [6, 6.07) is 8.33. The molecule has 1 amide bonds. The number of nitrogens with one attached hydrogen (secondary N) is 1. The molecule has 0 radical (unpaired) electrons. The molecule has 1 aromatic rings. The summed E-state index contributed by atoms with van der Waals surface area (Å²) in [5.74, 6) is 0.248. The number of hydrogen-bond donors (Lipinski definition) is 1. The number of nitrogens with zero attached hydrogens (tertiary/aromatic N) is 1. The minimum atomic E-state index is -0.0540. The number of carbonyl (C=O) groups is 1. The summed E-state index contributed by atoms with van der Waals surface area (Å²) < 4.78 is 0. The second-order valence-corrected chi connectivity index (χ2v) is 5.49. The van der Waals surface area contributed by atoms with Crippen molar-refractivity contribution in [2.75, 3.05) is 13.1 Å². The first-order chi connectivity index (χ1) is 9.24. The zero-order valence-corrected chi connectivity index (χ0v) is 11.4. The van der Waals surface area contributed by atoms with Gasteiger partial charge in [0, 0.05) is 19.6 Å². The third-order valence-corrected chi connectivity index (χ3v) is 4.13. The molecule has 1 unspecified atom stereocenters. The summed E-state index contributed by atoms with van der Waals surface area (Å²) in [5.41, 5.74) is 4.02. The molecule has 1 atom stereocenters. The second kappa shape index (κ2) is 5.17. The van der Waals surface area contributed by atoms with E-state index in [9.17, 15) is 4.79 Å². The molecule has 0 saturated heterocycles. The van der Waals surface area contributed by atoms with Crippen molar-refractivity contribution in [3.05, 3.63) is 47.0 Å². The monoisotopic (exact) mass is 256 g/mol. The van der Waals surface area contributed by atoms with Gasteiger partial charge in [-0.3, -0.25) is 4.79 Å². The normalized spacial score (nSPS) is 22.7. The Balaban J connectivity index is 1.70. The van der Waals surface area contributed by atoms with Crippen molar-refractivity contribution >= 4 is 5.91 Å². The molecule has 3 nitrogen and oxygen atoms in total. The van der Waals surface area contributed by atoms with Crippen LogP contribution in [-0.2, 0) is 17.8 Å². The summed E-state index contributed by atoms with van der Waals surface area (Å²) in [4.78, 5) is 14.5. The summed E-state index contributed by atoms with van der Waals surface area (Å²) in [6.07, 6.45) is 3.99. The van der Waals surface area contributed by atoms with E-state index in [0.717, 1.165) is 32.5 Å². The molecule has 1 N–H and O–H groups in total. The molecule has 0 saturated carbocycles. The van der Waals surface area contributed by atoms with E-state index in [0.29, 0.717) is 0 Å². The predicted octanol–water partition coefficient (Wildman–Crippen LogP) is 1.88. The Kier molecular flexibility index (Phi) is 3.38. The van der Waals surface area contributed by atoms with Gasteiger partial charge in [-0.15, -0.1) is 0 Å². The fraction of sp³-hybridized carbons (Fsp3) is 0.438. The minimum absolute atomic E-state index is 0.0540. The molecule has 3 rings (SSSR count). The van der Waals surface area contributed by atoms with Gasteiger partial charge in [0.1, 0.15) is 0 Å². The molecule has 100 valence electrons. The van der Waals surface area contributed by atoms with Crippen LogP contribution in [0.25, 0.3) is 0 Å². The van der Waals surface area contributed by atoms with Gasteiger partial charge in [-0.1, -0.05) is 35.9 Å². The van der Waals surface area contributed by atoms with Gasteiger partial charge in [0.25, 0.3) is 0 Å². The van der Waals surface area contributed by atoms with Gasteiger partial charge in [-0.25, -0.2) is 0 Å². The van der Waals surface area contributed by atoms with E-state index in [1.54, 1.807) is 0 Å². The molecule has 0 spiro atoms. The van der Waals surface area contributed by atoms with Crippen LogP contribution in [0.2, 0.25) is 0 Å². The van der Waals surface area contributed by atoms with Crippen molar-refractivity contribution in [1.82, 2.24) is 10.2 Å². The van der Waals surface area contributed by atoms with Crippen LogP contribution in [-0.4, -0.2) is 29.9 Å². The largest absolute Gasteiger partial charge is 0.337 e. The van der Waals surface area contributed by atoms with E-state index in [-0.39, 0.29) is 11.9 Å². The smallest absolute Gasteiger partial charge is 0.240 e. The third kappa shape index (κ3) is 2.56. The van der Waals surface area contributed by atoms with Crippen molar-refractivity contribution in [3.63, 3.8) is 0 Å². The number of rotatable bonds is 1. The number of carbonyl (C=O) groups excluding carboxylic acids is 1. The summed E-state index contributed by atoms with van der Waals surface area (Å²) in [6.45, 7) is 4.57. The van der Waals surface area contributed by atoms with Gasteiger partial charge >= 0.3 is 0 Å². The molecule has 0 aromatic heterocycles. The van der Waals surface area contributed by atoms with E-state index in [1.165, 1.54) is 16.7 Å². The molecule has 2 heterocycles. The fourth-order valence-electron chi connectivity index (χ4n) is 2.82. The molecule has 0 fully saturated rings. The van der Waals surface area contributed by atoms with Crippen molar-refractivity contribution in [1.29, 1.82) is 0 Å². The maximum absolute atomic E-state index is 12.5. The maximum Gasteiger partial charge on any atom is 0.240 e. The second-order valence-electron chi connectivity index (χ2n) is 5.49. The van der Waals surface area contributed by atoms with Crippen molar-refractivity contribution in [2.24, 2.45) is 0 Å². The number of hydrogen-bond acceptors (Lipinski definition) is 2. The van der Waals surface area contributed by atoms with Crippen LogP contribution < -0.4 is 5.32 Å². The zero-order valence-electron chi connectivity index (χ0n) is 11.4. The quantitative estimate of drug-likeness (QED) is 0.778. The molecule has 0 bridgehead atoms. The van der Waals surface area contributed by atoms with Gasteiger partial charge in [0.15, 0.2) is 0 Å². The van der Waals surface area contributed by atoms with Gasteiger partial charge < -0.3 is 10.2 Å². The first-order valence-electron chi connectivity index (χ1n) is 6.98. The van der Waals surface area contributed by atoms with Gasteiger partial charge in [-0.05, 0) is 30.9 Å². The Labute approximate surface area is 114 Å². The SMILES string of the molecule is CC1=CCN(C(=O)C2Cc3ccccc3CN2)CC1. The lowest BCUT2D eigenvalue weighted by molar-refractivity contribution is -0.133. The number of amides is 1. The van der Waals surface area contributed by atoms with E-state index in [1.807, 2.05) is 4.90 Å². The third-order valence-electron chi connectivity index (χ3n) is 4.13. The van der Waals surface area contributed by atoms with E-state index in [2.05, 4.69) is 42.6 Å². The zero-order chi connectivity index (χ0) is 13.2. The lowest BCUT2D eigenvalue weighted by Gasteiger charge is -2.32. The molecular weight excluding hydrogens is 236 g/mol. The lowest BCUT2D eigenvalue weighted by atomic mass is 9.95. The molecule has 2 aliphatic heterocycles. The van der Waals surface area contributed by atoms with Crippen molar-refractivity contribution < 1.29 is 4.79 Å². The first-order valence-corrected chi connectivity index (χ1v) is 6.98. The molecule has 2 aliphatic rings. The lowest BCUT2D eigenvalue weighted by Crippen LogP contribution is -2.50. The van der Waals surface area contributed by atoms with Crippen LogP contribution in [0.1, 0.15) is 24.5 Å². The maximum atomic E-state index is 12.5. The molecule has 19 heavy (non-hydrogen) atoms.